The van der Waals surface area contributed by atoms with Crippen LogP contribution >= 0.6 is 11.8 Å². The summed E-state index contributed by atoms with van der Waals surface area (Å²) in [7, 11) is 1.66. The summed E-state index contributed by atoms with van der Waals surface area (Å²) >= 11 is 1.57. The number of fused-ring (bicyclic) bond motifs is 1. The minimum Gasteiger partial charge on any atom is -0.497 e. The van der Waals surface area contributed by atoms with Gasteiger partial charge in [0, 0.05) is 16.7 Å². The Morgan fingerprint density at radius 3 is 2.03 bits per heavy atom. The number of nitrogens with zero attached hydrogens (tertiary/aromatic N) is 4. The number of rotatable bonds is 5. The van der Waals surface area contributed by atoms with Crippen LogP contribution < -0.4 is 4.74 Å². The fourth-order valence-electron chi connectivity index (χ4n) is 3.68. The van der Waals surface area contributed by atoms with Crippen molar-refractivity contribution in [2.45, 2.75) is 12.1 Å². The lowest BCUT2D eigenvalue weighted by atomic mass is 10.1. The van der Waals surface area contributed by atoms with Crippen LogP contribution in [0.15, 0.2) is 84.0 Å². The van der Waals surface area contributed by atoms with Gasteiger partial charge in [-0.2, -0.15) is 0 Å². The van der Waals surface area contributed by atoms with Gasteiger partial charge in [-0.05, 0) is 37.4 Å². The molecule has 0 N–H and O–H groups in total. The van der Waals surface area contributed by atoms with E-state index in [4.69, 9.17) is 19.8 Å². The van der Waals surface area contributed by atoms with Crippen LogP contribution in [0.4, 0.5) is 0 Å². The maximum Gasteiger partial charge on any atom is 0.189 e. The first-order valence-corrected chi connectivity index (χ1v) is 11.5. The SMILES string of the molecule is COc1ccc(-c2nc(-c3ccc(C)cc3)c3c(-c4ccccc4)nc(SC)n3n2)cc1. The van der Waals surface area contributed by atoms with Crippen LogP contribution in [0.3, 0.4) is 0 Å². The van der Waals surface area contributed by atoms with Crippen LogP contribution in [0.2, 0.25) is 0 Å². The summed E-state index contributed by atoms with van der Waals surface area (Å²) < 4.78 is 7.23. The van der Waals surface area contributed by atoms with Crippen molar-refractivity contribution in [3.05, 3.63) is 84.4 Å². The van der Waals surface area contributed by atoms with Gasteiger partial charge in [0.05, 0.1) is 7.11 Å². The Kier molecular flexibility index (Phi) is 5.37. The number of hydrogen-bond acceptors (Lipinski definition) is 5. The first kappa shape index (κ1) is 20.3. The first-order chi connectivity index (χ1) is 15.7. The minimum absolute atomic E-state index is 0.642. The molecule has 5 rings (SSSR count). The summed E-state index contributed by atoms with van der Waals surface area (Å²) in [6.07, 6.45) is 2.02. The number of aromatic nitrogens is 4. The van der Waals surface area contributed by atoms with Crippen LogP contribution in [0.25, 0.3) is 39.4 Å². The summed E-state index contributed by atoms with van der Waals surface area (Å²) in [5.41, 5.74) is 6.84. The Balaban J connectivity index is 1.82. The average molecular weight is 439 g/mol. The van der Waals surface area contributed by atoms with Crippen LogP contribution in [-0.4, -0.2) is 32.9 Å². The van der Waals surface area contributed by atoms with Gasteiger partial charge in [0.2, 0.25) is 0 Å². The highest BCUT2D eigenvalue weighted by Gasteiger charge is 2.21. The van der Waals surface area contributed by atoms with Crippen molar-refractivity contribution in [2.75, 3.05) is 13.4 Å². The zero-order valence-electron chi connectivity index (χ0n) is 18.1. The maximum atomic E-state index is 5.31. The largest absolute Gasteiger partial charge is 0.497 e. The molecule has 0 fully saturated rings. The highest BCUT2D eigenvalue weighted by molar-refractivity contribution is 7.98. The van der Waals surface area contributed by atoms with Gasteiger partial charge >= 0.3 is 0 Å². The molecule has 0 bridgehead atoms. The van der Waals surface area contributed by atoms with E-state index in [1.54, 1.807) is 18.9 Å². The molecule has 2 aromatic heterocycles. The molecule has 0 saturated heterocycles. The normalized spacial score (nSPS) is 11.1. The average Bonchev–Trinajstić information content (AvgIpc) is 3.23. The van der Waals surface area contributed by atoms with Crippen molar-refractivity contribution in [3.8, 4) is 39.7 Å². The molecular weight excluding hydrogens is 416 g/mol. The van der Waals surface area contributed by atoms with Crippen molar-refractivity contribution >= 4 is 17.3 Å². The fraction of sp³-hybridized carbons (Fsp3) is 0.115. The van der Waals surface area contributed by atoms with Crippen LogP contribution in [0.1, 0.15) is 5.56 Å². The molecule has 0 aliphatic heterocycles. The number of benzene rings is 3. The maximum absolute atomic E-state index is 5.31. The molecule has 0 radical (unpaired) electrons. The number of aryl methyl sites for hydroxylation is 1. The molecule has 0 aliphatic carbocycles. The van der Waals surface area contributed by atoms with E-state index < -0.39 is 0 Å². The molecule has 0 atom stereocenters. The molecule has 2 heterocycles. The Morgan fingerprint density at radius 2 is 1.38 bits per heavy atom. The van der Waals surface area contributed by atoms with Gasteiger partial charge in [0.1, 0.15) is 22.7 Å². The Morgan fingerprint density at radius 1 is 0.750 bits per heavy atom. The highest BCUT2D eigenvalue weighted by Crippen LogP contribution is 2.35. The molecule has 0 amide bonds. The van der Waals surface area contributed by atoms with Gasteiger partial charge in [0.15, 0.2) is 11.0 Å². The molecule has 158 valence electrons. The minimum atomic E-state index is 0.642. The smallest absolute Gasteiger partial charge is 0.189 e. The van der Waals surface area contributed by atoms with Crippen molar-refractivity contribution in [3.63, 3.8) is 0 Å². The molecule has 0 unspecified atom stereocenters. The van der Waals surface area contributed by atoms with E-state index in [2.05, 4.69) is 43.3 Å². The van der Waals surface area contributed by atoms with E-state index in [9.17, 15) is 0 Å². The third-order valence-corrected chi connectivity index (χ3v) is 5.99. The van der Waals surface area contributed by atoms with Crippen molar-refractivity contribution < 1.29 is 4.74 Å². The number of hydrogen-bond donors (Lipinski definition) is 0. The lowest BCUT2D eigenvalue weighted by Gasteiger charge is -2.10. The molecule has 5 nitrogen and oxygen atoms in total. The molecule has 0 saturated carbocycles. The van der Waals surface area contributed by atoms with Gasteiger partial charge < -0.3 is 4.74 Å². The predicted octanol–water partition coefficient (Wildman–Crippen LogP) is 6.16. The molecule has 0 spiro atoms. The van der Waals surface area contributed by atoms with Crippen LogP contribution in [0.5, 0.6) is 5.75 Å². The van der Waals surface area contributed by atoms with E-state index >= 15 is 0 Å². The number of methoxy groups -OCH3 is 1. The molecule has 32 heavy (non-hydrogen) atoms. The van der Waals surface area contributed by atoms with Crippen LogP contribution in [0, 0.1) is 6.92 Å². The second-order valence-corrected chi connectivity index (χ2v) is 8.23. The molecule has 6 heteroatoms. The zero-order valence-corrected chi connectivity index (χ0v) is 18.9. The Hall–Kier alpha value is -3.64. The van der Waals surface area contributed by atoms with Crippen LogP contribution in [-0.2, 0) is 0 Å². The number of thioether (sulfide) groups is 1. The number of imidazole rings is 1. The van der Waals surface area contributed by atoms with E-state index in [0.29, 0.717) is 5.82 Å². The molecule has 5 aromatic rings. The standard InChI is InChI=1S/C26H22N4OS/c1-17-9-11-19(12-10-17)22-24-23(18-7-5-4-6-8-18)28-26(32-3)30(24)29-25(27-22)20-13-15-21(31-2)16-14-20/h4-16H,1-3H3. The molecule has 0 aliphatic rings. The van der Waals surface area contributed by atoms with Crippen molar-refractivity contribution in [2.24, 2.45) is 0 Å². The van der Waals surface area contributed by atoms with E-state index in [1.165, 1.54) is 5.56 Å². The predicted molar refractivity (Wildman–Crippen MR) is 130 cm³/mol. The second-order valence-electron chi connectivity index (χ2n) is 7.45. The molecule has 3 aromatic carbocycles. The summed E-state index contributed by atoms with van der Waals surface area (Å²) in [6.45, 7) is 2.09. The van der Waals surface area contributed by atoms with Gasteiger partial charge in [-0.3, -0.25) is 0 Å². The monoisotopic (exact) mass is 438 g/mol. The highest BCUT2D eigenvalue weighted by atomic mass is 32.2. The number of ether oxygens (including phenoxy) is 1. The lowest BCUT2D eigenvalue weighted by molar-refractivity contribution is 0.415. The van der Waals surface area contributed by atoms with E-state index in [1.807, 2.05) is 53.2 Å². The topological polar surface area (TPSA) is 52.3 Å². The summed E-state index contributed by atoms with van der Waals surface area (Å²) in [5, 5.41) is 5.73. The van der Waals surface area contributed by atoms with E-state index in [0.717, 1.165) is 44.5 Å². The van der Waals surface area contributed by atoms with Crippen molar-refractivity contribution in [1.82, 2.24) is 19.6 Å². The fourth-order valence-corrected chi connectivity index (χ4v) is 4.17. The van der Waals surface area contributed by atoms with Gasteiger partial charge in [-0.25, -0.2) is 14.5 Å². The third-order valence-electron chi connectivity index (χ3n) is 5.36. The van der Waals surface area contributed by atoms with Gasteiger partial charge in [-0.15, -0.1) is 5.10 Å². The lowest BCUT2D eigenvalue weighted by Crippen LogP contribution is -2.02. The van der Waals surface area contributed by atoms with E-state index in [-0.39, 0.29) is 0 Å². The summed E-state index contributed by atoms with van der Waals surface area (Å²) in [6, 6.07) is 26.4. The Bertz CT molecular complexity index is 1380. The van der Waals surface area contributed by atoms with Crippen molar-refractivity contribution in [1.29, 1.82) is 0 Å². The Labute approximate surface area is 191 Å². The second kappa shape index (κ2) is 8.48. The quantitative estimate of drug-likeness (QED) is 0.307. The zero-order chi connectivity index (χ0) is 22.1. The summed E-state index contributed by atoms with van der Waals surface area (Å²) in [5.74, 6) is 1.44. The van der Waals surface area contributed by atoms with Gasteiger partial charge in [-0.1, -0.05) is 71.9 Å². The molecular formula is C26H22N4OS. The first-order valence-electron chi connectivity index (χ1n) is 10.3. The third kappa shape index (κ3) is 3.63. The summed E-state index contributed by atoms with van der Waals surface area (Å²) in [4.78, 5) is 9.99. The van der Waals surface area contributed by atoms with Gasteiger partial charge in [0.25, 0.3) is 0 Å².